The van der Waals surface area contributed by atoms with Crippen LogP contribution in [0.2, 0.25) is 0 Å². The smallest absolute Gasteiger partial charge is 0.438 e. The predicted octanol–water partition coefficient (Wildman–Crippen LogP) is 6.79. The molecule has 0 spiro atoms. The number of methoxy groups -OCH3 is 1. The molecule has 262 valence electrons. The monoisotopic (exact) mass is 712 g/mol. The summed E-state index contributed by atoms with van der Waals surface area (Å²) in [5.41, 5.74) is -6.86. The number of hydrogen-bond acceptors (Lipinski definition) is 7. The summed E-state index contributed by atoms with van der Waals surface area (Å²) in [4.78, 5) is 14.1. The van der Waals surface area contributed by atoms with Gasteiger partial charge in [-0.25, -0.2) is 8.42 Å². The topological polar surface area (TPSA) is 102 Å². The quantitative estimate of drug-likeness (QED) is 0.0928. The van der Waals surface area contributed by atoms with Crippen LogP contribution in [0.3, 0.4) is 0 Å². The number of alkyl halides is 6. The molecule has 0 N–H and O–H groups in total. The molecule has 0 atom stereocenters. The summed E-state index contributed by atoms with van der Waals surface area (Å²) in [5.74, 6) is -0.883. The number of hydrogen-bond donors (Lipinski definition) is 0. The summed E-state index contributed by atoms with van der Waals surface area (Å²) >= 11 is 0. The summed E-state index contributed by atoms with van der Waals surface area (Å²) in [6.45, 7) is 1.23. The van der Waals surface area contributed by atoms with E-state index < -0.39 is 45.2 Å². The van der Waals surface area contributed by atoms with Gasteiger partial charge in [0, 0.05) is 28.8 Å². The first-order valence-corrected chi connectivity index (χ1v) is 18.7. The zero-order valence-corrected chi connectivity index (χ0v) is 27.5. The molecule has 47 heavy (non-hydrogen) atoms. The SMILES string of the molecule is COCCOc1ccc([S+]2CCCC2)c2ccccc12.O=C(OC(CS(=O)(=O)[O-])(C(F)(F)F)C(F)(F)F)C12CC3CC(CC(C3)C1)C2. The Labute approximate surface area is 272 Å². The third kappa shape index (κ3) is 7.67. The van der Waals surface area contributed by atoms with Gasteiger partial charge in [0.15, 0.2) is 4.90 Å². The molecule has 1 saturated heterocycles. The van der Waals surface area contributed by atoms with Crippen molar-refractivity contribution >= 4 is 37.8 Å². The van der Waals surface area contributed by atoms with Crippen molar-refractivity contribution in [3.63, 3.8) is 0 Å². The molecule has 1 heterocycles. The van der Waals surface area contributed by atoms with Gasteiger partial charge in [0.05, 0.1) is 27.9 Å². The summed E-state index contributed by atoms with van der Waals surface area (Å²) in [6, 6.07) is 13.0. The van der Waals surface area contributed by atoms with E-state index in [-0.39, 0.29) is 37.0 Å². The van der Waals surface area contributed by atoms with E-state index in [9.17, 15) is 44.1 Å². The molecular weight excluding hydrogens is 674 g/mol. The summed E-state index contributed by atoms with van der Waals surface area (Å²) < 4.78 is 127. The number of carbonyl (C=O) groups is 1. The van der Waals surface area contributed by atoms with Gasteiger partial charge in [-0.05, 0) is 87.3 Å². The summed E-state index contributed by atoms with van der Waals surface area (Å²) in [5, 5.41) is 2.60. The van der Waals surface area contributed by atoms with Crippen LogP contribution in [-0.2, 0) is 35.3 Å². The van der Waals surface area contributed by atoms with Crippen LogP contribution in [0.15, 0.2) is 41.3 Å². The van der Waals surface area contributed by atoms with Crippen molar-refractivity contribution in [1.82, 2.24) is 0 Å². The minimum atomic E-state index is -6.32. The maximum absolute atomic E-state index is 13.3. The second-order valence-electron chi connectivity index (χ2n) is 13.2. The molecule has 2 aromatic carbocycles. The lowest BCUT2D eigenvalue weighted by atomic mass is 9.49. The van der Waals surface area contributed by atoms with Crippen molar-refractivity contribution in [1.29, 1.82) is 0 Å². The fourth-order valence-corrected chi connectivity index (χ4v) is 11.5. The van der Waals surface area contributed by atoms with Gasteiger partial charge < -0.3 is 18.8 Å². The molecule has 7 nitrogen and oxygen atoms in total. The van der Waals surface area contributed by atoms with Gasteiger partial charge in [0.2, 0.25) is 0 Å². The fraction of sp³-hybridized carbons (Fsp3) is 0.656. The van der Waals surface area contributed by atoms with E-state index in [1.54, 1.807) is 7.11 Å². The fourth-order valence-electron chi connectivity index (χ4n) is 8.08. The third-order valence-electron chi connectivity index (χ3n) is 9.77. The maximum atomic E-state index is 13.3. The molecule has 4 saturated carbocycles. The Kier molecular flexibility index (Phi) is 10.4. The van der Waals surface area contributed by atoms with E-state index in [0.29, 0.717) is 24.1 Å². The Bertz CT molecular complexity index is 1490. The van der Waals surface area contributed by atoms with Crippen molar-refractivity contribution in [2.45, 2.75) is 74.2 Å². The molecule has 1 aliphatic heterocycles. The van der Waals surface area contributed by atoms with Crippen LogP contribution in [0.4, 0.5) is 26.3 Å². The van der Waals surface area contributed by atoms with E-state index in [1.807, 2.05) is 0 Å². The first-order valence-electron chi connectivity index (χ1n) is 15.6. The van der Waals surface area contributed by atoms with Gasteiger partial charge in [-0.15, -0.1) is 0 Å². The number of halogens is 6. The lowest BCUT2D eigenvalue weighted by molar-refractivity contribution is -0.364. The molecule has 0 unspecified atom stereocenters. The van der Waals surface area contributed by atoms with Gasteiger partial charge in [-0.2, -0.15) is 26.3 Å². The lowest BCUT2D eigenvalue weighted by Gasteiger charge is -2.55. The third-order valence-corrected chi connectivity index (χ3v) is 13.1. The highest BCUT2D eigenvalue weighted by Gasteiger charge is 2.76. The van der Waals surface area contributed by atoms with Crippen LogP contribution in [0.5, 0.6) is 5.75 Å². The number of benzene rings is 2. The van der Waals surface area contributed by atoms with Crippen molar-refractivity contribution < 1.29 is 58.3 Å². The van der Waals surface area contributed by atoms with Crippen LogP contribution < -0.4 is 4.74 Å². The standard InChI is InChI=1S/C17H21O2S.C15H18F6O5S/c1-18-10-11-19-16-8-9-17(20-12-4-5-13-20)15-7-3-2-6-14(15)16;16-14(17,18)13(15(19,20)21,7-27(23,24)25)26-11(22)12-4-8-1-9(5-12)3-10(2-8)6-12/h2-3,6-9H,4-5,10-13H2,1H3;8-10H,1-7H2,(H,23,24,25)/q+1;/p-1. The first-order chi connectivity index (χ1) is 22.0. The van der Waals surface area contributed by atoms with E-state index >= 15 is 0 Å². The largest absolute Gasteiger partial charge is 0.748 e. The number of rotatable bonds is 9. The van der Waals surface area contributed by atoms with Crippen molar-refractivity contribution in [3.05, 3.63) is 36.4 Å². The van der Waals surface area contributed by atoms with E-state index in [2.05, 4.69) is 41.1 Å². The van der Waals surface area contributed by atoms with Crippen LogP contribution in [-0.4, -0.2) is 74.5 Å². The minimum absolute atomic E-state index is 0.0261. The number of esters is 1. The highest BCUT2D eigenvalue weighted by atomic mass is 32.2. The van der Waals surface area contributed by atoms with Crippen molar-refractivity contribution in [2.24, 2.45) is 23.2 Å². The Morgan fingerprint density at radius 2 is 1.40 bits per heavy atom. The summed E-state index contributed by atoms with van der Waals surface area (Å²) in [7, 11) is -3.88. The highest BCUT2D eigenvalue weighted by Crippen LogP contribution is 2.61. The zero-order valence-electron chi connectivity index (χ0n) is 25.8. The molecule has 15 heteroatoms. The molecule has 2 aromatic rings. The maximum Gasteiger partial charge on any atom is 0.438 e. The van der Waals surface area contributed by atoms with E-state index in [0.717, 1.165) is 25.0 Å². The van der Waals surface area contributed by atoms with E-state index in [4.69, 9.17) is 9.47 Å². The Balaban J connectivity index is 0.000000193. The number of carbonyl (C=O) groups excluding carboxylic acids is 1. The van der Waals surface area contributed by atoms with Gasteiger partial charge in [0.1, 0.15) is 23.9 Å². The highest BCUT2D eigenvalue weighted by molar-refractivity contribution is 7.97. The average Bonchev–Trinajstić information content (AvgIpc) is 3.50. The molecule has 0 radical (unpaired) electrons. The minimum Gasteiger partial charge on any atom is -0.748 e. The van der Waals surface area contributed by atoms with Crippen LogP contribution in [0, 0.1) is 23.2 Å². The predicted molar refractivity (Wildman–Crippen MR) is 162 cm³/mol. The second-order valence-corrected chi connectivity index (χ2v) is 16.8. The first kappa shape index (κ1) is 36.1. The molecular formula is C32H38F6O7S2. The van der Waals surface area contributed by atoms with Gasteiger partial charge in [-0.1, -0.05) is 18.2 Å². The lowest BCUT2D eigenvalue weighted by Crippen LogP contribution is -2.65. The van der Waals surface area contributed by atoms with E-state index in [1.165, 1.54) is 40.0 Å². The molecule has 0 aromatic heterocycles. The Hall–Kier alpha value is -2.23. The molecule has 4 bridgehead atoms. The molecule has 5 fully saturated rings. The Morgan fingerprint density at radius 1 is 0.872 bits per heavy atom. The van der Waals surface area contributed by atoms with Crippen molar-refractivity contribution in [2.75, 3.05) is 37.6 Å². The molecule has 7 rings (SSSR count). The van der Waals surface area contributed by atoms with Crippen molar-refractivity contribution in [3.8, 4) is 5.75 Å². The Morgan fingerprint density at radius 3 is 1.89 bits per heavy atom. The van der Waals surface area contributed by atoms with Crippen LogP contribution in [0.1, 0.15) is 51.4 Å². The number of fused-ring (bicyclic) bond motifs is 1. The summed E-state index contributed by atoms with van der Waals surface area (Å²) in [6.07, 6.45) is -7.22. The average molecular weight is 713 g/mol. The van der Waals surface area contributed by atoms with Crippen LogP contribution >= 0.6 is 0 Å². The van der Waals surface area contributed by atoms with Gasteiger partial charge in [0.25, 0.3) is 0 Å². The molecule has 5 aliphatic rings. The van der Waals surface area contributed by atoms with Crippen LogP contribution in [0.25, 0.3) is 10.8 Å². The van der Waals surface area contributed by atoms with Gasteiger partial charge in [-0.3, -0.25) is 4.79 Å². The normalized spacial score (nSPS) is 26.3. The zero-order chi connectivity index (χ0) is 34.3. The molecule has 0 amide bonds. The second kappa shape index (κ2) is 13.6. The molecule has 4 aliphatic carbocycles. The number of ether oxygens (including phenoxy) is 3. The van der Waals surface area contributed by atoms with Gasteiger partial charge >= 0.3 is 23.9 Å².